The highest BCUT2D eigenvalue weighted by atomic mass is 19.1. The number of hydrogen-bond donors (Lipinski definition) is 2. The average Bonchev–Trinajstić information content (AvgIpc) is 2.71. The molecule has 1 aliphatic carbocycles. The Morgan fingerprint density at radius 3 is 2.12 bits per heavy atom. The van der Waals surface area contributed by atoms with Gasteiger partial charge in [0.15, 0.2) is 0 Å². The molecule has 2 fully saturated rings. The number of nitrogens with one attached hydrogen (secondary N) is 2. The Morgan fingerprint density at radius 2 is 1.42 bits per heavy atom. The fourth-order valence-corrected chi connectivity index (χ4v) is 4.98. The van der Waals surface area contributed by atoms with Gasteiger partial charge in [0.25, 0.3) is 0 Å². The minimum absolute atomic E-state index is 0.0472. The number of hydrogen-bond acceptors (Lipinski definition) is 0. The van der Waals surface area contributed by atoms with Crippen LogP contribution in [0.25, 0.3) is 0 Å². The van der Waals surface area contributed by atoms with Gasteiger partial charge in [-0.15, -0.1) is 0 Å². The fraction of sp³-hybridized carbons (Fsp3) is 0.478. The van der Waals surface area contributed by atoms with Crippen molar-refractivity contribution in [1.29, 1.82) is 0 Å². The maximum Gasteiger partial charge on any atom is 0.132 e. The molecule has 3 heteroatoms. The Balaban J connectivity index is 1.25. The van der Waals surface area contributed by atoms with Crippen molar-refractivity contribution in [2.45, 2.75) is 44.2 Å². The fourth-order valence-electron chi connectivity index (χ4n) is 4.98. The van der Waals surface area contributed by atoms with E-state index in [4.69, 9.17) is 0 Å². The summed E-state index contributed by atoms with van der Waals surface area (Å²) < 4.78 is 13.9. The molecule has 2 N–H and O–H groups in total. The van der Waals surface area contributed by atoms with Gasteiger partial charge in [-0.05, 0) is 43.2 Å². The number of quaternary nitrogens is 2. The van der Waals surface area contributed by atoms with Gasteiger partial charge in [0.1, 0.15) is 38.5 Å². The molecule has 2 aromatic rings. The molecule has 2 aromatic carbocycles. The molecule has 0 amide bonds. The molecule has 26 heavy (non-hydrogen) atoms. The third kappa shape index (κ3) is 4.16. The van der Waals surface area contributed by atoms with E-state index in [1.54, 1.807) is 17.0 Å². The molecule has 0 aromatic heterocycles. The van der Waals surface area contributed by atoms with Crippen molar-refractivity contribution in [2.75, 3.05) is 26.2 Å². The lowest BCUT2D eigenvalue weighted by molar-refractivity contribution is -1.03. The van der Waals surface area contributed by atoms with Crippen molar-refractivity contribution < 1.29 is 14.2 Å². The van der Waals surface area contributed by atoms with Gasteiger partial charge in [-0.1, -0.05) is 48.5 Å². The van der Waals surface area contributed by atoms with Gasteiger partial charge in [0, 0.05) is 5.56 Å². The van der Waals surface area contributed by atoms with Gasteiger partial charge in [-0.25, -0.2) is 4.39 Å². The molecular formula is C23H31FN2+2. The van der Waals surface area contributed by atoms with E-state index >= 15 is 0 Å². The lowest BCUT2D eigenvalue weighted by atomic mass is 9.81. The second kappa shape index (κ2) is 8.32. The molecule has 1 aliphatic heterocycles. The molecule has 1 saturated carbocycles. The summed E-state index contributed by atoms with van der Waals surface area (Å²) in [5.41, 5.74) is 2.40. The average molecular weight is 355 g/mol. The molecule has 2 nitrogen and oxygen atoms in total. The highest BCUT2D eigenvalue weighted by molar-refractivity contribution is 5.20. The molecular weight excluding hydrogens is 323 g/mol. The van der Waals surface area contributed by atoms with E-state index in [0.717, 1.165) is 24.1 Å². The van der Waals surface area contributed by atoms with Crippen molar-refractivity contribution >= 4 is 0 Å². The smallest absolute Gasteiger partial charge is 0.132 e. The van der Waals surface area contributed by atoms with Crippen LogP contribution in [0.3, 0.4) is 0 Å². The largest absolute Gasteiger partial charge is 0.323 e. The van der Waals surface area contributed by atoms with Crippen LogP contribution in [0.15, 0.2) is 54.6 Å². The summed E-state index contributed by atoms with van der Waals surface area (Å²) in [6.07, 6.45) is 5.39. The summed E-state index contributed by atoms with van der Waals surface area (Å²) in [5.74, 6) is 0.717. The monoisotopic (exact) mass is 354 g/mol. The number of piperazine rings is 1. The maximum atomic E-state index is 13.9. The van der Waals surface area contributed by atoms with Crippen LogP contribution in [0, 0.1) is 5.82 Å². The molecule has 0 bridgehead atoms. The van der Waals surface area contributed by atoms with Crippen LogP contribution in [0.2, 0.25) is 0 Å². The molecule has 1 heterocycles. The van der Waals surface area contributed by atoms with Crippen molar-refractivity contribution in [3.05, 3.63) is 71.5 Å². The van der Waals surface area contributed by atoms with Crippen LogP contribution in [0.5, 0.6) is 0 Å². The van der Waals surface area contributed by atoms with E-state index in [0.29, 0.717) is 0 Å². The second-order valence-corrected chi connectivity index (χ2v) is 8.14. The van der Waals surface area contributed by atoms with Crippen LogP contribution in [0.4, 0.5) is 4.39 Å². The molecule has 138 valence electrons. The van der Waals surface area contributed by atoms with Gasteiger partial charge in [0.05, 0.1) is 6.04 Å². The van der Waals surface area contributed by atoms with E-state index in [1.807, 2.05) is 12.1 Å². The molecule has 4 rings (SSSR count). The third-order valence-electron chi connectivity index (χ3n) is 6.57. The summed E-state index contributed by atoms with van der Waals surface area (Å²) >= 11 is 0. The minimum Gasteiger partial charge on any atom is -0.323 e. The van der Waals surface area contributed by atoms with Crippen molar-refractivity contribution in [1.82, 2.24) is 0 Å². The van der Waals surface area contributed by atoms with Gasteiger partial charge < -0.3 is 9.80 Å². The van der Waals surface area contributed by atoms with Crippen LogP contribution in [-0.2, 0) is 6.54 Å². The summed E-state index contributed by atoms with van der Waals surface area (Å²) in [6.45, 7) is 5.65. The van der Waals surface area contributed by atoms with Crippen LogP contribution >= 0.6 is 0 Å². The third-order valence-corrected chi connectivity index (χ3v) is 6.57. The Hall–Kier alpha value is -1.71. The summed E-state index contributed by atoms with van der Waals surface area (Å²) in [4.78, 5) is 3.34. The van der Waals surface area contributed by atoms with Crippen LogP contribution in [0.1, 0.15) is 42.7 Å². The standard InChI is InChI=1S/C23H29FN2/c24-23-9-5-4-8-21(23)18-25-14-16-26(17-15-25)22-12-10-20(11-13-22)19-6-2-1-3-7-19/h1-9,20,22H,10-18H2/p+2. The van der Waals surface area contributed by atoms with Crippen LogP contribution < -0.4 is 9.80 Å². The first kappa shape index (κ1) is 17.7. The maximum absolute atomic E-state index is 13.9. The molecule has 2 aliphatic rings. The first-order valence-electron chi connectivity index (χ1n) is 10.3. The van der Waals surface area contributed by atoms with Gasteiger partial charge >= 0.3 is 0 Å². The number of rotatable bonds is 4. The minimum atomic E-state index is -0.0472. The lowest BCUT2D eigenvalue weighted by Gasteiger charge is -2.38. The Bertz CT molecular complexity index is 686. The highest BCUT2D eigenvalue weighted by Crippen LogP contribution is 2.31. The highest BCUT2D eigenvalue weighted by Gasteiger charge is 2.33. The van der Waals surface area contributed by atoms with E-state index in [9.17, 15) is 4.39 Å². The lowest BCUT2D eigenvalue weighted by Crippen LogP contribution is -3.29. The quantitative estimate of drug-likeness (QED) is 0.829. The molecule has 0 radical (unpaired) electrons. The molecule has 0 atom stereocenters. The zero-order valence-electron chi connectivity index (χ0n) is 15.6. The number of benzene rings is 2. The van der Waals surface area contributed by atoms with Crippen molar-refractivity contribution in [3.63, 3.8) is 0 Å². The molecule has 1 saturated heterocycles. The first-order chi connectivity index (χ1) is 12.8. The van der Waals surface area contributed by atoms with E-state index in [2.05, 4.69) is 30.3 Å². The normalized spacial score (nSPS) is 29.4. The van der Waals surface area contributed by atoms with Crippen molar-refractivity contribution in [3.8, 4) is 0 Å². The zero-order valence-corrected chi connectivity index (χ0v) is 15.6. The molecule has 0 spiro atoms. The predicted octanol–water partition coefficient (Wildman–Crippen LogP) is 1.84. The van der Waals surface area contributed by atoms with Crippen molar-refractivity contribution in [2.24, 2.45) is 0 Å². The second-order valence-electron chi connectivity index (χ2n) is 8.14. The van der Waals surface area contributed by atoms with E-state index < -0.39 is 0 Å². The SMILES string of the molecule is Fc1ccccc1C[NH+]1CC[NH+](C2CCC(c3ccccc3)CC2)CC1. The predicted molar refractivity (Wildman–Crippen MR) is 103 cm³/mol. The molecule has 0 unspecified atom stereocenters. The van der Waals surface area contributed by atoms with E-state index in [1.165, 1.54) is 62.3 Å². The first-order valence-corrected chi connectivity index (χ1v) is 10.3. The van der Waals surface area contributed by atoms with Crippen LogP contribution in [-0.4, -0.2) is 32.2 Å². The Kier molecular flexibility index (Phi) is 5.66. The van der Waals surface area contributed by atoms with Gasteiger partial charge in [-0.2, -0.15) is 0 Å². The zero-order chi connectivity index (χ0) is 17.8. The summed E-state index contributed by atoms with van der Waals surface area (Å²) in [5, 5.41) is 0. The van der Waals surface area contributed by atoms with Gasteiger partial charge in [-0.3, -0.25) is 0 Å². The topological polar surface area (TPSA) is 8.88 Å². The Morgan fingerprint density at radius 1 is 0.769 bits per heavy atom. The van der Waals surface area contributed by atoms with Gasteiger partial charge in [0.2, 0.25) is 0 Å². The summed E-state index contributed by atoms with van der Waals surface area (Å²) in [6, 6.07) is 19.1. The van der Waals surface area contributed by atoms with E-state index in [-0.39, 0.29) is 5.82 Å². The summed E-state index contributed by atoms with van der Waals surface area (Å²) in [7, 11) is 0. The number of halogens is 1. The Labute approximate surface area is 156 Å².